The average Bonchev–Trinajstić information content (AvgIpc) is 3.30. The lowest BCUT2D eigenvalue weighted by Crippen LogP contribution is -2.22. The zero-order valence-corrected chi connectivity index (χ0v) is 19.8. The highest BCUT2D eigenvalue weighted by atomic mass is 31.2. The predicted molar refractivity (Wildman–Crippen MR) is 114 cm³/mol. The monoisotopic (exact) mass is 462 g/mol. The molecule has 0 spiro atoms. The summed E-state index contributed by atoms with van der Waals surface area (Å²) in [6.07, 6.45) is 1.39. The number of rotatable bonds is 8. The lowest BCUT2D eigenvalue weighted by Gasteiger charge is -2.31. The Labute approximate surface area is 177 Å². The molecule has 0 aromatic heterocycles. The minimum atomic E-state index is -3.07. The molecule has 10 heteroatoms. The van der Waals surface area contributed by atoms with Gasteiger partial charge >= 0.3 is 15.2 Å². The van der Waals surface area contributed by atoms with Crippen molar-refractivity contribution in [3.8, 4) is 11.5 Å². The van der Waals surface area contributed by atoms with Crippen LogP contribution in [0.25, 0.3) is 0 Å². The van der Waals surface area contributed by atoms with Crippen molar-refractivity contribution in [1.82, 2.24) is 0 Å². The fourth-order valence-corrected chi connectivity index (χ4v) is 7.54. The minimum absolute atomic E-state index is 0.0485. The van der Waals surface area contributed by atoms with Gasteiger partial charge in [-0.3, -0.25) is 9.13 Å². The molecule has 8 nitrogen and oxygen atoms in total. The highest BCUT2D eigenvalue weighted by molar-refractivity contribution is 7.54. The van der Waals surface area contributed by atoms with Gasteiger partial charge in [0.1, 0.15) is 11.5 Å². The van der Waals surface area contributed by atoms with Crippen molar-refractivity contribution in [3.05, 3.63) is 23.3 Å². The van der Waals surface area contributed by atoms with Gasteiger partial charge in [-0.1, -0.05) is 27.7 Å². The first-order valence-corrected chi connectivity index (χ1v) is 13.6. The second kappa shape index (κ2) is 8.57. The van der Waals surface area contributed by atoms with Crippen LogP contribution in [-0.2, 0) is 38.1 Å². The number of benzene rings is 1. The Morgan fingerprint density at radius 1 is 0.733 bits per heavy atom. The molecule has 0 amide bonds. The van der Waals surface area contributed by atoms with Gasteiger partial charge in [-0.25, -0.2) is 0 Å². The molecule has 0 unspecified atom stereocenters. The summed E-state index contributed by atoms with van der Waals surface area (Å²) in [6, 6.07) is 3.12. The van der Waals surface area contributed by atoms with Gasteiger partial charge in [0, 0.05) is 11.1 Å². The van der Waals surface area contributed by atoms with Crippen LogP contribution in [-0.4, -0.2) is 49.0 Å². The van der Waals surface area contributed by atoms with Crippen LogP contribution in [0.2, 0.25) is 0 Å². The summed E-state index contributed by atoms with van der Waals surface area (Å²) in [5.41, 5.74) is -0.0126. The molecular formula is C20H32O8P2. The lowest BCUT2D eigenvalue weighted by molar-refractivity contribution is 0.339. The van der Waals surface area contributed by atoms with Crippen LogP contribution in [0.15, 0.2) is 12.1 Å². The standard InChI is InChI=1S/C20H32O8P2/c1-19(2,5-11-29(23)25-7-8-26-29)15-13-18(22)16(14-17(15)21)20(3,4)6-12-30(24)27-9-10-28-30/h13-14,21-22H,5-12H2,1-4H3. The van der Waals surface area contributed by atoms with E-state index >= 15 is 0 Å². The molecule has 170 valence electrons. The quantitative estimate of drug-likeness (QED) is 0.414. The Bertz CT molecular complexity index is 788. The van der Waals surface area contributed by atoms with Gasteiger partial charge in [0.2, 0.25) is 0 Å². The molecule has 0 radical (unpaired) electrons. The molecule has 1 aromatic carbocycles. The number of aromatic hydroxyl groups is 2. The van der Waals surface area contributed by atoms with E-state index in [4.69, 9.17) is 18.1 Å². The highest BCUT2D eigenvalue weighted by Gasteiger charge is 2.37. The van der Waals surface area contributed by atoms with Crippen LogP contribution < -0.4 is 0 Å². The molecule has 2 heterocycles. The summed E-state index contributed by atoms with van der Waals surface area (Å²) in [4.78, 5) is 0. The van der Waals surface area contributed by atoms with E-state index < -0.39 is 26.0 Å². The van der Waals surface area contributed by atoms with Crippen LogP contribution in [0, 0.1) is 0 Å². The van der Waals surface area contributed by atoms with Gasteiger partial charge in [-0.2, -0.15) is 0 Å². The fourth-order valence-electron chi connectivity index (χ4n) is 3.80. The molecule has 3 rings (SSSR count). The molecule has 30 heavy (non-hydrogen) atoms. The maximum atomic E-state index is 12.4. The maximum absolute atomic E-state index is 12.4. The molecular weight excluding hydrogens is 430 g/mol. The Morgan fingerprint density at radius 3 is 1.33 bits per heavy atom. The Kier molecular flexibility index (Phi) is 6.79. The predicted octanol–water partition coefficient (Wildman–Crippen LogP) is 4.91. The van der Waals surface area contributed by atoms with E-state index in [-0.39, 0.29) is 23.8 Å². The van der Waals surface area contributed by atoms with E-state index in [0.29, 0.717) is 50.4 Å². The third-order valence-electron chi connectivity index (χ3n) is 5.91. The van der Waals surface area contributed by atoms with Crippen molar-refractivity contribution in [1.29, 1.82) is 0 Å². The van der Waals surface area contributed by atoms with Crippen LogP contribution in [0.5, 0.6) is 11.5 Å². The van der Waals surface area contributed by atoms with Gasteiger partial charge in [0.25, 0.3) is 0 Å². The van der Waals surface area contributed by atoms with Crippen molar-refractivity contribution >= 4 is 15.2 Å². The molecule has 2 N–H and O–H groups in total. The zero-order chi connectivity index (χ0) is 22.2. The van der Waals surface area contributed by atoms with E-state index in [1.54, 1.807) is 12.1 Å². The molecule has 2 aliphatic rings. The van der Waals surface area contributed by atoms with Crippen LogP contribution >= 0.6 is 15.2 Å². The summed E-state index contributed by atoms with van der Waals surface area (Å²) in [5.74, 6) is 0.0971. The third kappa shape index (κ3) is 5.29. The van der Waals surface area contributed by atoms with Crippen molar-refractivity contribution in [2.45, 2.75) is 51.4 Å². The van der Waals surface area contributed by atoms with Gasteiger partial charge in [0.15, 0.2) is 0 Å². The normalized spacial score (nSPS) is 21.2. The molecule has 0 saturated carbocycles. The SMILES string of the molecule is CC(C)(CCP1(=O)OCCO1)c1cc(O)c(C(C)(C)CCP2(=O)OCCO2)cc1O. The van der Waals surface area contributed by atoms with Crippen LogP contribution in [0.1, 0.15) is 51.7 Å². The topological polar surface area (TPSA) is 112 Å². The van der Waals surface area contributed by atoms with Gasteiger partial charge in [-0.15, -0.1) is 0 Å². The van der Waals surface area contributed by atoms with Gasteiger partial charge < -0.3 is 28.3 Å². The number of phenols is 2. The summed E-state index contributed by atoms with van der Waals surface area (Å²) >= 11 is 0. The summed E-state index contributed by atoms with van der Waals surface area (Å²) in [5, 5.41) is 21.5. The smallest absolute Gasteiger partial charge is 0.330 e. The first kappa shape index (κ1) is 23.8. The van der Waals surface area contributed by atoms with E-state index in [1.807, 2.05) is 27.7 Å². The summed E-state index contributed by atoms with van der Waals surface area (Å²) < 4.78 is 45.9. The minimum Gasteiger partial charge on any atom is -0.508 e. The summed E-state index contributed by atoms with van der Waals surface area (Å²) in [6.45, 7) is 8.97. The molecule has 2 aliphatic heterocycles. The van der Waals surface area contributed by atoms with Crippen LogP contribution in [0.4, 0.5) is 0 Å². The van der Waals surface area contributed by atoms with Gasteiger partial charge in [-0.05, 0) is 35.8 Å². The van der Waals surface area contributed by atoms with Crippen molar-refractivity contribution in [2.24, 2.45) is 0 Å². The Balaban J connectivity index is 1.76. The number of hydrogen-bond donors (Lipinski definition) is 2. The second-order valence-corrected chi connectivity index (χ2v) is 13.5. The molecule has 0 atom stereocenters. The zero-order valence-electron chi connectivity index (χ0n) is 18.0. The van der Waals surface area contributed by atoms with E-state index in [9.17, 15) is 19.3 Å². The summed E-state index contributed by atoms with van der Waals surface area (Å²) in [7, 11) is -6.14. The average molecular weight is 462 g/mol. The first-order chi connectivity index (χ1) is 13.9. The molecule has 2 saturated heterocycles. The number of hydrogen-bond acceptors (Lipinski definition) is 8. The van der Waals surface area contributed by atoms with E-state index in [2.05, 4.69) is 0 Å². The van der Waals surface area contributed by atoms with Crippen LogP contribution in [0.3, 0.4) is 0 Å². The second-order valence-electron chi connectivity index (χ2n) is 9.16. The fraction of sp³-hybridized carbons (Fsp3) is 0.700. The first-order valence-electron chi connectivity index (χ1n) is 10.2. The van der Waals surface area contributed by atoms with Gasteiger partial charge in [0.05, 0.1) is 38.8 Å². The van der Waals surface area contributed by atoms with E-state index in [1.165, 1.54) is 0 Å². The molecule has 1 aromatic rings. The third-order valence-corrected chi connectivity index (χ3v) is 9.76. The highest BCUT2D eigenvalue weighted by Crippen LogP contribution is 2.55. The maximum Gasteiger partial charge on any atom is 0.330 e. The Morgan fingerprint density at radius 2 is 1.03 bits per heavy atom. The van der Waals surface area contributed by atoms with Crippen molar-refractivity contribution in [3.63, 3.8) is 0 Å². The molecule has 2 fully saturated rings. The molecule has 0 aliphatic carbocycles. The largest absolute Gasteiger partial charge is 0.508 e. The lowest BCUT2D eigenvalue weighted by atomic mass is 9.77. The number of phenolic OH excluding ortho intramolecular Hbond substituents is 2. The Hall–Kier alpha value is -0.880. The molecule has 0 bridgehead atoms. The van der Waals surface area contributed by atoms with E-state index in [0.717, 1.165) is 0 Å². The van der Waals surface area contributed by atoms with Crippen molar-refractivity contribution < 1.29 is 37.4 Å². The van der Waals surface area contributed by atoms with Crippen molar-refractivity contribution in [2.75, 3.05) is 38.8 Å².